The van der Waals surface area contributed by atoms with E-state index in [0.717, 1.165) is 37.3 Å². The van der Waals surface area contributed by atoms with E-state index in [-0.39, 0.29) is 28.5 Å². The summed E-state index contributed by atoms with van der Waals surface area (Å²) in [4.78, 5) is 12.0. The second kappa shape index (κ2) is 6.61. The Kier molecular flexibility index (Phi) is 5.07. The van der Waals surface area contributed by atoms with Crippen LogP contribution in [0.25, 0.3) is 11.1 Å². The standard InChI is InChI=1S/C14H15ClN2O2.BrH/c15-11-4-2-1-3-10(11)12-13(19-17-14(12)18)9-5-7-16-8-6-9;/h1-4,9,16H,5-8H2,(H,17,18);1H. The molecule has 108 valence electrons. The molecule has 0 atom stereocenters. The number of rotatable bonds is 2. The number of piperidine rings is 1. The van der Waals surface area contributed by atoms with Crippen LogP contribution >= 0.6 is 28.6 Å². The summed E-state index contributed by atoms with van der Waals surface area (Å²) in [6.45, 7) is 1.89. The molecule has 1 aromatic carbocycles. The summed E-state index contributed by atoms with van der Waals surface area (Å²) < 4.78 is 5.42. The maximum Gasteiger partial charge on any atom is 0.288 e. The van der Waals surface area contributed by atoms with Gasteiger partial charge in [-0.05, 0) is 32.0 Å². The summed E-state index contributed by atoms with van der Waals surface area (Å²) in [6, 6.07) is 7.37. The number of aromatic nitrogens is 1. The fourth-order valence-electron chi connectivity index (χ4n) is 2.61. The normalized spacial score (nSPS) is 15.8. The topological polar surface area (TPSA) is 58.0 Å². The highest BCUT2D eigenvalue weighted by atomic mass is 79.9. The summed E-state index contributed by atoms with van der Waals surface area (Å²) >= 11 is 6.19. The van der Waals surface area contributed by atoms with Gasteiger partial charge in [0, 0.05) is 16.5 Å². The lowest BCUT2D eigenvalue weighted by Gasteiger charge is -2.21. The lowest BCUT2D eigenvalue weighted by molar-refractivity contribution is 0.326. The van der Waals surface area contributed by atoms with Crippen LogP contribution in [0.1, 0.15) is 24.5 Å². The Morgan fingerprint density at radius 3 is 2.60 bits per heavy atom. The molecule has 6 heteroatoms. The van der Waals surface area contributed by atoms with E-state index in [2.05, 4.69) is 10.5 Å². The molecular weight excluding hydrogens is 344 g/mol. The van der Waals surface area contributed by atoms with Gasteiger partial charge in [-0.3, -0.25) is 4.79 Å². The van der Waals surface area contributed by atoms with Crippen molar-refractivity contribution in [2.24, 2.45) is 0 Å². The third kappa shape index (κ3) is 2.85. The highest BCUT2D eigenvalue weighted by molar-refractivity contribution is 8.93. The van der Waals surface area contributed by atoms with Crippen LogP contribution in [0.5, 0.6) is 0 Å². The minimum atomic E-state index is -0.207. The Morgan fingerprint density at radius 1 is 1.20 bits per heavy atom. The predicted molar refractivity (Wildman–Crippen MR) is 84.9 cm³/mol. The Labute approximate surface area is 132 Å². The first kappa shape index (κ1) is 15.4. The molecule has 0 aliphatic carbocycles. The number of nitrogens with one attached hydrogen (secondary N) is 2. The summed E-state index contributed by atoms with van der Waals surface area (Å²) in [6.07, 6.45) is 1.94. The Hall–Kier alpha value is -1.04. The molecule has 1 saturated heterocycles. The minimum Gasteiger partial charge on any atom is -0.383 e. The second-order valence-corrected chi connectivity index (χ2v) is 5.18. The third-order valence-corrected chi connectivity index (χ3v) is 3.91. The smallest absolute Gasteiger partial charge is 0.288 e. The van der Waals surface area contributed by atoms with Crippen LogP contribution in [0.4, 0.5) is 0 Å². The number of aromatic amines is 1. The number of H-pyrrole nitrogens is 1. The molecule has 0 saturated carbocycles. The average Bonchev–Trinajstić information content (AvgIpc) is 2.82. The fraction of sp³-hybridized carbons (Fsp3) is 0.357. The molecule has 1 fully saturated rings. The number of hydrogen-bond donors (Lipinski definition) is 2. The van der Waals surface area contributed by atoms with Crippen LogP contribution in [-0.2, 0) is 0 Å². The zero-order valence-corrected chi connectivity index (χ0v) is 13.3. The molecule has 1 aliphatic heterocycles. The van der Waals surface area contributed by atoms with Crippen molar-refractivity contribution in [3.05, 3.63) is 45.4 Å². The monoisotopic (exact) mass is 358 g/mol. The molecule has 0 bridgehead atoms. The summed E-state index contributed by atoms with van der Waals surface area (Å²) in [5, 5.41) is 6.33. The predicted octanol–water partition coefficient (Wildman–Crippen LogP) is 3.33. The number of halogens is 2. The maximum atomic E-state index is 12.0. The molecule has 0 radical (unpaired) electrons. The van der Waals surface area contributed by atoms with Crippen LogP contribution in [0.3, 0.4) is 0 Å². The summed E-state index contributed by atoms with van der Waals surface area (Å²) in [5.74, 6) is 1.01. The Morgan fingerprint density at radius 2 is 1.90 bits per heavy atom. The van der Waals surface area contributed by atoms with E-state index in [9.17, 15) is 4.79 Å². The van der Waals surface area contributed by atoms with Gasteiger partial charge in [0.05, 0.1) is 5.56 Å². The average molecular weight is 360 g/mol. The van der Waals surface area contributed by atoms with Gasteiger partial charge in [0.15, 0.2) is 0 Å². The van der Waals surface area contributed by atoms with Crippen molar-refractivity contribution in [1.82, 2.24) is 10.5 Å². The molecule has 3 rings (SSSR count). The molecule has 2 heterocycles. The maximum absolute atomic E-state index is 12.0. The summed E-state index contributed by atoms with van der Waals surface area (Å²) in [5.41, 5.74) is 1.12. The van der Waals surface area contributed by atoms with Crippen molar-refractivity contribution in [1.29, 1.82) is 0 Å². The van der Waals surface area contributed by atoms with Crippen LogP contribution < -0.4 is 10.9 Å². The second-order valence-electron chi connectivity index (χ2n) is 4.78. The molecule has 0 unspecified atom stereocenters. The van der Waals surface area contributed by atoms with Crippen molar-refractivity contribution < 1.29 is 4.52 Å². The molecule has 2 N–H and O–H groups in total. The molecule has 4 nitrogen and oxygen atoms in total. The molecule has 1 aliphatic rings. The van der Waals surface area contributed by atoms with Crippen molar-refractivity contribution in [2.75, 3.05) is 13.1 Å². The van der Waals surface area contributed by atoms with E-state index in [1.807, 2.05) is 18.2 Å². The van der Waals surface area contributed by atoms with E-state index in [1.54, 1.807) is 6.07 Å². The van der Waals surface area contributed by atoms with Gasteiger partial charge in [-0.25, -0.2) is 0 Å². The quantitative estimate of drug-likeness (QED) is 0.864. The molecule has 20 heavy (non-hydrogen) atoms. The van der Waals surface area contributed by atoms with E-state index < -0.39 is 0 Å². The number of benzene rings is 1. The van der Waals surface area contributed by atoms with Gasteiger partial charge < -0.3 is 9.84 Å². The van der Waals surface area contributed by atoms with Crippen molar-refractivity contribution in [2.45, 2.75) is 18.8 Å². The molecule has 0 amide bonds. The van der Waals surface area contributed by atoms with E-state index in [0.29, 0.717) is 10.6 Å². The SMILES string of the molecule is Br.O=c1[nH]oc(C2CCNCC2)c1-c1ccccc1Cl. The zero-order chi connectivity index (χ0) is 13.2. The Balaban J connectivity index is 0.00000147. The van der Waals surface area contributed by atoms with Gasteiger partial charge in [0.1, 0.15) is 5.76 Å². The highest BCUT2D eigenvalue weighted by Gasteiger charge is 2.26. The minimum absolute atomic E-state index is 0. The lowest BCUT2D eigenvalue weighted by Crippen LogP contribution is -2.26. The van der Waals surface area contributed by atoms with Gasteiger partial charge in [0.25, 0.3) is 5.56 Å². The highest BCUT2D eigenvalue weighted by Crippen LogP contribution is 2.34. The largest absolute Gasteiger partial charge is 0.383 e. The van der Waals surface area contributed by atoms with E-state index in [1.165, 1.54) is 0 Å². The molecule has 2 aromatic rings. The molecule has 1 aromatic heterocycles. The number of hydrogen-bond acceptors (Lipinski definition) is 3. The van der Waals surface area contributed by atoms with Crippen LogP contribution in [0, 0.1) is 0 Å². The van der Waals surface area contributed by atoms with Crippen molar-refractivity contribution >= 4 is 28.6 Å². The van der Waals surface area contributed by atoms with E-state index >= 15 is 0 Å². The van der Waals surface area contributed by atoms with Gasteiger partial charge >= 0.3 is 0 Å². The Bertz CT molecular complexity index is 632. The van der Waals surface area contributed by atoms with Gasteiger partial charge in [0.2, 0.25) is 0 Å². The molecular formula is C14H16BrClN2O2. The first-order chi connectivity index (χ1) is 9.27. The van der Waals surface area contributed by atoms with Gasteiger partial charge in [-0.2, -0.15) is 5.16 Å². The zero-order valence-electron chi connectivity index (χ0n) is 10.8. The summed E-state index contributed by atoms with van der Waals surface area (Å²) in [7, 11) is 0. The van der Waals surface area contributed by atoms with Crippen LogP contribution in [0.15, 0.2) is 33.6 Å². The fourth-order valence-corrected chi connectivity index (χ4v) is 2.84. The van der Waals surface area contributed by atoms with Gasteiger partial charge in [-0.1, -0.05) is 29.8 Å². The molecule has 0 spiro atoms. The van der Waals surface area contributed by atoms with Gasteiger partial charge in [-0.15, -0.1) is 17.0 Å². The lowest BCUT2D eigenvalue weighted by atomic mass is 9.91. The van der Waals surface area contributed by atoms with Crippen molar-refractivity contribution in [3.8, 4) is 11.1 Å². The first-order valence-electron chi connectivity index (χ1n) is 6.44. The first-order valence-corrected chi connectivity index (χ1v) is 6.82. The van der Waals surface area contributed by atoms with Crippen molar-refractivity contribution in [3.63, 3.8) is 0 Å². The van der Waals surface area contributed by atoms with Crippen LogP contribution in [-0.4, -0.2) is 18.2 Å². The third-order valence-electron chi connectivity index (χ3n) is 3.58. The van der Waals surface area contributed by atoms with Crippen LogP contribution in [0.2, 0.25) is 5.02 Å². The van der Waals surface area contributed by atoms with E-state index in [4.69, 9.17) is 16.1 Å².